The zero-order valence-electron chi connectivity index (χ0n) is 13.2. The van der Waals surface area contributed by atoms with Gasteiger partial charge in [0, 0.05) is 17.6 Å². The van der Waals surface area contributed by atoms with Gasteiger partial charge < -0.3 is 14.4 Å². The molecule has 23 heavy (non-hydrogen) atoms. The molecule has 0 radical (unpaired) electrons. The fraction of sp³-hybridized carbons (Fsp3) is 0.278. The quantitative estimate of drug-likeness (QED) is 0.741. The molecular formula is C18H19ClN2O2. The van der Waals surface area contributed by atoms with Crippen molar-refractivity contribution in [2.45, 2.75) is 32.4 Å². The van der Waals surface area contributed by atoms with Crippen molar-refractivity contribution in [3.8, 4) is 11.5 Å². The van der Waals surface area contributed by atoms with Crippen LogP contribution in [0.25, 0.3) is 11.0 Å². The fourth-order valence-electron chi connectivity index (χ4n) is 2.31. The van der Waals surface area contributed by atoms with Gasteiger partial charge in [0.05, 0.1) is 23.0 Å². The molecule has 0 unspecified atom stereocenters. The Hall–Kier alpha value is -2.04. The van der Waals surface area contributed by atoms with E-state index in [9.17, 15) is 5.11 Å². The van der Waals surface area contributed by atoms with Crippen molar-refractivity contribution in [2.24, 2.45) is 0 Å². The van der Waals surface area contributed by atoms with Crippen LogP contribution in [0.4, 0.5) is 0 Å². The summed E-state index contributed by atoms with van der Waals surface area (Å²) in [5, 5.41) is 10.6. The summed E-state index contributed by atoms with van der Waals surface area (Å²) in [6, 6.07) is 13.0. The lowest BCUT2D eigenvalue weighted by molar-refractivity contribution is 0.0665. The third-order valence-corrected chi connectivity index (χ3v) is 3.86. The van der Waals surface area contributed by atoms with E-state index in [0.717, 1.165) is 22.5 Å². The van der Waals surface area contributed by atoms with Gasteiger partial charge in [-0.05, 0) is 56.7 Å². The molecule has 1 aromatic heterocycles. The number of ether oxygens (including phenoxy) is 1. The van der Waals surface area contributed by atoms with E-state index >= 15 is 0 Å². The topological polar surface area (TPSA) is 47.3 Å². The number of halogens is 1. The average molecular weight is 331 g/mol. The molecule has 0 saturated carbocycles. The van der Waals surface area contributed by atoms with Crippen LogP contribution in [-0.4, -0.2) is 20.3 Å². The van der Waals surface area contributed by atoms with Crippen LogP contribution >= 0.6 is 11.6 Å². The third kappa shape index (κ3) is 4.03. The van der Waals surface area contributed by atoms with Crippen molar-refractivity contribution in [1.82, 2.24) is 9.55 Å². The number of aryl methyl sites for hydroxylation is 1. The van der Waals surface area contributed by atoms with Crippen molar-refractivity contribution in [3.05, 3.63) is 53.8 Å². The number of aromatic nitrogens is 2. The van der Waals surface area contributed by atoms with E-state index in [-0.39, 0.29) is 0 Å². The first kappa shape index (κ1) is 15.8. The number of hydrogen-bond acceptors (Lipinski definition) is 3. The lowest BCUT2D eigenvalue weighted by Gasteiger charge is -2.17. The van der Waals surface area contributed by atoms with Gasteiger partial charge in [0.15, 0.2) is 0 Å². The van der Waals surface area contributed by atoms with E-state index < -0.39 is 5.60 Å². The molecule has 1 heterocycles. The lowest BCUT2D eigenvalue weighted by Crippen LogP contribution is -2.20. The first-order valence-corrected chi connectivity index (χ1v) is 7.89. The molecule has 3 rings (SSSR count). The second-order valence-corrected chi connectivity index (χ2v) is 6.64. The van der Waals surface area contributed by atoms with E-state index in [4.69, 9.17) is 16.3 Å². The maximum Gasteiger partial charge on any atom is 0.129 e. The van der Waals surface area contributed by atoms with Gasteiger partial charge in [0.1, 0.15) is 11.5 Å². The summed E-state index contributed by atoms with van der Waals surface area (Å²) in [6.07, 6.45) is 2.45. The highest BCUT2D eigenvalue weighted by molar-refractivity contribution is 6.30. The van der Waals surface area contributed by atoms with E-state index in [1.54, 1.807) is 32.3 Å². The number of nitrogens with zero attached hydrogens (tertiary/aromatic N) is 2. The minimum atomic E-state index is -0.700. The van der Waals surface area contributed by atoms with Crippen LogP contribution in [0.2, 0.25) is 5.02 Å². The predicted octanol–water partition coefficient (Wildman–Crippen LogP) is 4.64. The van der Waals surface area contributed by atoms with E-state index in [1.807, 2.05) is 34.9 Å². The molecule has 0 aliphatic rings. The maximum atomic E-state index is 9.89. The monoisotopic (exact) mass is 330 g/mol. The van der Waals surface area contributed by atoms with Crippen molar-refractivity contribution >= 4 is 22.6 Å². The van der Waals surface area contributed by atoms with Gasteiger partial charge in [-0.25, -0.2) is 4.98 Å². The summed E-state index contributed by atoms with van der Waals surface area (Å²) in [7, 11) is 0. The van der Waals surface area contributed by atoms with Crippen LogP contribution in [0.1, 0.15) is 20.3 Å². The molecule has 2 aromatic carbocycles. The average Bonchev–Trinajstić information content (AvgIpc) is 2.89. The zero-order chi connectivity index (χ0) is 16.4. The van der Waals surface area contributed by atoms with Gasteiger partial charge in [0.2, 0.25) is 0 Å². The Morgan fingerprint density at radius 1 is 1.13 bits per heavy atom. The molecule has 1 N–H and O–H groups in total. The number of fused-ring (bicyclic) bond motifs is 1. The van der Waals surface area contributed by atoms with Gasteiger partial charge in [-0.3, -0.25) is 0 Å². The Balaban J connectivity index is 1.83. The van der Waals surface area contributed by atoms with Crippen molar-refractivity contribution < 1.29 is 9.84 Å². The number of imidazole rings is 1. The number of benzene rings is 2. The van der Waals surface area contributed by atoms with Crippen LogP contribution in [0.15, 0.2) is 48.8 Å². The van der Waals surface area contributed by atoms with Gasteiger partial charge in [-0.2, -0.15) is 0 Å². The number of rotatable bonds is 5. The second-order valence-electron chi connectivity index (χ2n) is 6.21. The van der Waals surface area contributed by atoms with E-state index in [2.05, 4.69) is 4.98 Å². The summed E-state index contributed by atoms with van der Waals surface area (Å²) in [6.45, 7) is 4.31. The molecule has 0 fully saturated rings. The first-order chi connectivity index (χ1) is 10.9. The summed E-state index contributed by atoms with van der Waals surface area (Å²) in [5.41, 5.74) is 1.19. The van der Waals surface area contributed by atoms with Crippen LogP contribution in [-0.2, 0) is 6.54 Å². The van der Waals surface area contributed by atoms with Crippen LogP contribution in [0, 0.1) is 0 Å². The molecule has 0 aliphatic heterocycles. The molecule has 0 spiro atoms. The molecule has 120 valence electrons. The van der Waals surface area contributed by atoms with E-state index in [0.29, 0.717) is 18.0 Å². The minimum absolute atomic E-state index is 0.654. The predicted molar refractivity (Wildman–Crippen MR) is 92.2 cm³/mol. The Morgan fingerprint density at radius 2 is 1.83 bits per heavy atom. The second kappa shape index (κ2) is 6.22. The molecule has 5 heteroatoms. The minimum Gasteiger partial charge on any atom is -0.457 e. The summed E-state index contributed by atoms with van der Waals surface area (Å²) in [5.74, 6) is 1.47. The van der Waals surface area contributed by atoms with Gasteiger partial charge in [-0.15, -0.1) is 0 Å². The van der Waals surface area contributed by atoms with Gasteiger partial charge >= 0.3 is 0 Å². The standard InChI is InChI=1S/C18H19ClN2O2/c1-18(2,22)9-10-21-12-20-16-8-7-15(11-17(16)21)23-14-5-3-13(19)4-6-14/h3-8,11-12,22H,9-10H2,1-2H3. The maximum absolute atomic E-state index is 9.89. The smallest absolute Gasteiger partial charge is 0.129 e. The summed E-state index contributed by atoms with van der Waals surface area (Å²) in [4.78, 5) is 4.39. The normalized spacial score (nSPS) is 11.8. The molecule has 0 saturated heterocycles. The lowest BCUT2D eigenvalue weighted by atomic mass is 10.1. The van der Waals surface area contributed by atoms with Crippen LogP contribution < -0.4 is 4.74 Å². The van der Waals surface area contributed by atoms with Crippen molar-refractivity contribution in [2.75, 3.05) is 0 Å². The molecule has 0 atom stereocenters. The van der Waals surface area contributed by atoms with Crippen LogP contribution in [0.5, 0.6) is 11.5 Å². The number of aliphatic hydroxyl groups is 1. The molecule has 0 bridgehead atoms. The van der Waals surface area contributed by atoms with Crippen molar-refractivity contribution in [3.63, 3.8) is 0 Å². The van der Waals surface area contributed by atoms with Crippen LogP contribution in [0.3, 0.4) is 0 Å². The third-order valence-electron chi connectivity index (χ3n) is 3.61. The van der Waals surface area contributed by atoms with Crippen molar-refractivity contribution in [1.29, 1.82) is 0 Å². The number of hydrogen-bond donors (Lipinski definition) is 1. The molecule has 3 aromatic rings. The van der Waals surface area contributed by atoms with Gasteiger partial charge in [0.25, 0.3) is 0 Å². The Bertz CT molecular complexity index is 804. The highest BCUT2D eigenvalue weighted by atomic mass is 35.5. The molecule has 0 amide bonds. The fourth-order valence-corrected chi connectivity index (χ4v) is 2.44. The Morgan fingerprint density at radius 3 is 2.52 bits per heavy atom. The summed E-state index contributed by atoms with van der Waals surface area (Å²) < 4.78 is 7.89. The van der Waals surface area contributed by atoms with E-state index in [1.165, 1.54) is 0 Å². The zero-order valence-corrected chi connectivity index (χ0v) is 13.9. The molecule has 4 nitrogen and oxygen atoms in total. The largest absolute Gasteiger partial charge is 0.457 e. The SMILES string of the molecule is CC(C)(O)CCn1cnc2ccc(Oc3ccc(Cl)cc3)cc21. The Kier molecular flexibility index (Phi) is 4.28. The first-order valence-electron chi connectivity index (χ1n) is 7.51. The Labute approximate surface area is 140 Å². The summed E-state index contributed by atoms with van der Waals surface area (Å²) >= 11 is 5.88. The molecular weight excluding hydrogens is 312 g/mol. The highest BCUT2D eigenvalue weighted by Crippen LogP contribution is 2.26. The van der Waals surface area contributed by atoms with Gasteiger partial charge in [-0.1, -0.05) is 11.6 Å². The molecule has 0 aliphatic carbocycles. The highest BCUT2D eigenvalue weighted by Gasteiger charge is 2.13.